The van der Waals surface area contributed by atoms with Crippen LogP contribution in [0.2, 0.25) is 0 Å². The van der Waals surface area contributed by atoms with E-state index < -0.39 is 5.97 Å². The zero-order chi connectivity index (χ0) is 15.2. The first-order valence-electron chi connectivity index (χ1n) is 6.20. The first-order chi connectivity index (χ1) is 10.1. The Bertz CT molecular complexity index is 639. The second kappa shape index (κ2) is 6.90. The fourth-order valence-corrected chi connectivity index (χ4v) is 2.11. The van der Waals surface area contributed by atoms with E-state index in [9.17, 15) is 9.59 Å². The zero-order valence-corrected chi connectivity index (χ0v) is 12.2. The number of amides is 1. The molecule has 1 amide bonds. The van der Waals surface area contributed by atoms with E-state index in [0.29, 0.717) is 16.9 Å². The summed E-state index contributed by atoms with van der Waals surface area (Å²) in [4.78, 5) is 27.7. The summed E-state index contributed by atoms with van der Waals surface area (Å²) in [6, 6.07) is 10.5. The van der Waals surface area contributed by atoms with Crippen LogP contribution in [0.15, 0.2) is 47.5 Å². The number of hydrogen-bond acceptors (Lipinski definition) is 4. The van der Waals surface area contributed by atoms with Crippen molar-refractivity contribution in [3.05, 3.63) is 53.9 Å². The van der Waals surface area contributed by atoms with Crippen LogP contribution in [0.25, 0.3) is 0 Å². The van der Waals surface area contributed by atoms with Gasteiger partial charge in [0.15, 0.2) is 0 Å². The minimum absolute atomic E-state index is 0.135. The number of nitrogens with zero attached hydrogens (tertiary/aromatic N) is 1. The van der Waals surface area contributed by atoms with E-state index in [1.54, 1.807) is 36.0 Å². The Morgan fingerprint density at radius 3 is 2.43 bits per heavy atom. The van der Waals surface area contributed by atoms with Crippen molar-refractivity contribution in [2.45, 2.75) is 11.3 Å². The molecule has 1 aromatic heterocycles. The molecule has 2 aromatic rings. The van der Waals surface area contributed by atoms with E-state index in [-0.39, 0.29) is 12.3 Å². The van der Waals surface area contributed by atoms with Gasteiger partial charge in [-0.15, -0.1) is 11.8 Å². The number of benzene rings is 1. The number of carboxylic acid groups (broad SMARTS) is 1. The van der Waals surface area contributed by atoms with Gasteiger partial charge in [-0.1, -0.05) is 0 Å². The quantitative estimate of drug-likeness (QED) is 0.830. The Morgan fingerprint density at radius 2 is 1.90 bits per heavy atom. The molecule has 1 aromatic carbocycles. The molecule has 0 spiro atoms. The number of rotatable bonds is 5. The smallest absolute Gasteiger partial charge is 0.309 e. The van der Waals surface area contributed by atoms with Crippen LogP contribution in [0.1, 0.15) is 16.1 Å². The van der Waals surface area contributed by atoms with Gasteiger partial charge < -0.3 is 10.4 Å². The van der Waals surface area contributed by atoms with E-state index in [4.69, 9.17) is 5.11 Å². The summed E-state index contributed by atoms with van der Waals surface area (Å²) in [5.74, 6) is -1.16. The molecule has 2 N–H and O–H groups in total. The predicted octanol–water partition coefficient (Wildman–Crippen LogP) is 2.68. The van der Waals surface area contributed by atoms with E-state index in [0.717, 1.165) is 4.90 Å². The van der Waals surface area contributed by atoms with Gasteiger partial charge in [0.1, 0.15) is 0 Å². The third-order valence-corrected chi connectivity index (χ3v) is 3.51. The number of pyridine rings is 1. The maximum atomic E-state index is 12.0. The fraction of sp³-hybridized carbons (Fsp3) is 0.133. The van der Waals surface area contributed by atoms with Gasteiger partial charge in [-0.25, -0.2) is 0 Å². The number of carbonyl (C=O) groups is 2. The van der Waals surface area contributed by atoms with E-state index >= 15 is 0 Å². The van der Waals surface area contributed by atoms with Crippen molar-refractivity contribution in [2.75, 3.05) is 11.6 Å². The molecule has 1 heterocycles. The summed E-state index contributed by atoms with van der Waals surface area (Å²) < 4.78 is 0. The van der Waals surface area contributed by atoms with Crippen LogP contribution in [-0.4, -0.2) is 28.2 Å². The van der Waals surface area contributed by atoms with Crippen molar-refractivity contribution in [1.29, 1.82) is 0 Å². The number of anilines is 1. The average Bonchev–Trinajstić information content (AvgIpc) is 2.49. The number of aliphatic carboxylic acids is 1. The summed E-state index contributed by atoms with van der Waals surface area (Å²) in [6.07, 6.45) is 3.29. The third kappa shape index (κ3) is 4.32. The van der Waals surface area contributed by atoms with Crippen molar-refractivity contribution in [3.8, 4) is 0 Å². The van der Waals surface area contributed by atoms with Gasteiger partial charge in [-0.3, -0.25) is 14.6 Å². The van der Waals surface area contributed by atoms with Crippen LogP contribution in [0.4, 0.5) is 5.69 Å². The van der Waals surface area contributed by atoms with Crippen molar-refractivity contribution < 1.29 is 14.7 Å². The molecule has 0 aliphatic heterocycles. The molecule has 0 aliphatic carbocycles. The Balaban J connectivity index is 2.03. The minimum Gasteiger partial charge on any atom is -0.481 e. The fourth-order valence-electron chi connectivity index (χ4n) is 1.70. The van der Waals surface area contributed by atoms with Gasteiger partial charge in [0.05, 0.1) is 24.0 Å². The molecular weight excluding hydrogens is 288 g/mol. The maximum absolute atomic E-state index is 12.0. The highest BCUT2D eigenvalue weighted by Gasteiger charge is 2.07. The van der Waals surface area contributed by atoms with Gasteiger partial charge in [0.2, 0.25) is 0 Å². The van der Waals surface area contributed by atoms with Crippen LogP contribution < -0.4 is 5.32 Å². The minimum atomic E-state index is -0.937. The van der Waals surface area contributed by atoms with Crippen LogP contribution in [0, 0.1) is 0 Å². The molecule has 0 aliphatic rings. The van der Waals surface area contributed by atoms with Crippen molar-refractivity contribution in [1.82, 2.24) is 4.98 Å². The molecule has 0 fully saturated rings. The number of thioether (sulfide) groups is 1. The second-order valence-corrected chi connectivity index (χ2v) is 5.17. The monoisotopic (exact) mass is 302 g/mol. The Kier molecular flexibility index (Phi) is 4.94. The number of hydrogen-bond donors (Lipinski definition) is 2. The van der Waals surface area contributed by atoms with Crippen molar-refractivity contribution in [2.24, 2.45) is 0 Å². The number of carbonyl (C=O) groups excluding carboxylic acids is 1. The highest BCUT2D eigenvalue weighted by atomic mass is 32.2. The van der Waals surface area contributed by atoms with Gasteiger partial charge in [-0.05, 0) is 42.7 Å². The number of nitrogens with one attached hydrogen (secondary N) is 1. The van der Waals surface area contributed by atoms with Crippen LogP contribution in [0.5, 0.6) is 0 Å². The molecule has 0 radical (unpaired) electrons. The molecular formula is C15H14N2O3S. The van der Waals surface area contributed by atoms with Gasteiger partial charge in [-0.2, -0.15) is 0 Å². The summed E-state index contributed by atoms with van der Waals surface area (Å²) in [7, 11) is 0. The number of carboxylic acids is 1. The molecule has 0 bridgehead atoms. The third-order valence-electron chi connectivity index (χ3n) is 2.77. The number of aromatic nitrogens is 1. The SMILES string of the molecule is CSc1ccc(C(=O)Nc2ccc(CC(=O)O)nc2)cc1. The lowest BCUT2D eigenvalue weighted by molar-refractivity contribution is -0.136. The highest BCUT2D eigenvalue weighted by molar-refractivity contribution is 7.98. The topological polar surface area (TPSA) is 79.3 Å². The Hall–Kier alpha value is -2.34. The highest BCUT2D eigenvalue weighted by Crippen LogP contribution is 2.16. The van der Waals surface area contributed by atoms with Crippen molar-refractivity contribution >= 4 is 29.3 Å². The lowest BCUT2D eigenvalue weighted by Gasteiger charge is -2.06. The molecule has 21 heavy (non-hydrogen) atoms. The average molecular weight is 302 g/mol. The Labute approximate surface area is 126 Å². The maximum Gasteiger partial charge on any atom is 0.309 e. The predicted molar refractivity (Wildman–Crippen MR) is 81.8 cm³/mol. The van der Waals surface area contributed by atoms with E-state index in [2.05, 4.69) is 10.3 Å². The molecule has 0 atom stereocenters. The second-order valence-electron chi connectivity index (χ2n) is 4.29. The lowest BCUT2D eigenvalue weighted by Crippen LogP contribution is -2.12. The molecule has 0 saturated heterocycles. The van der Waals surface area contributed by atoms with Gasteiger partial charge >= 0.3 is 5.97 Å². The molecule has 108 valence electrons. The van der Waals surface area contributed by atoms with Gasteiger partial charge in [0, 0.05) is 10.5 Å². The van der Waals surface area contributed by atoms with Crippen LogP contribution >= 0.6 is 11.8 Å². The molecule has 0 unspecified atom stereocenters. The molecule has 2 rings (SSSR count). The van der Waals surface area contributed by atoms with E-state index in [1.165, 1.54) is 6.20 Å². The summed E-state index contributed by atoms with van der Waals surface area (Å²) in [5.41, 5.74) is 1.54. The zero-order valence-electron chi connectivity index (χ0n) is 11.4. The van der Waals surface area contributed by atoms with Crippen LogP contribution in [-0.2, 0) is 11.2 Å². The standard InChI is InChI=1S/C15H14N2O3S/c1-21-13-6-2-10(3-7-13)15(20)17-12-5-4-11(16-9-12)8-14(18)19/h2-7,9H,8H2,1H3,(H,17,20)(H,18,19). The van der Waals surface area contributed by atoms with Crippen LogP contribution in [0.3, 0.4) is 0 Å². The Morgan fingerprint density at radius 1 is 1.19 bits per heavy atom. The van der Waals surface area contributed by atoms with Gasteiger partial charge in [0.25, 0.3) is 5.91 Å². The first-order valence-corrected chi connectivity index (χ1v) is 7.43. The molecule has 5 nitrogen and oxygen atoms in total. The van der Waals surface area contributed by atoms with E-state index in [1.807, 2.05) is 18.4 Å². The lowest BCUT2D eigenvalue weighted by atomic mass is 10.2. The largest absolute Gasteiger partial charge is 0.481 e. The summed E-state index contributed by atoms with van der Waals surface area (Å²) in [6.45, 7) is 0. The first kappa shape index (κ1) is 15.1. The normalized spacial score (nSPS) is 10.1. The molecule has 0 saturated carbocycles. The molecule has 6 heteroatoms. The summed E-state index contributed by atoms with van der Waals surface area (Å²) in [5, 5.41) is 11.4. The van der Waals surface area contributed by atoms with Crippen molar-refractivity contribution in [3.63, 3.8) is 0 Å². The summed E-state index contributed by atoms with van der Waals surface area (Å²) >= 11 is 1.61.